The Kier molecular flexibility index (Phi) is 3.68. The van der Waals surface area contributed by atoms with Gasteiger partial charge in [0.25, 0.3) is 5.91 Å². The van der Waals surface area contributed by atoms with Crippen molar-refractivity contribution < 1.29 is 18.0 Å². The van der Waals surface area contributed by atoms with Crippen molar-refractivity contribution in [1.82, 2.24) is 9.80 Å². The molecule has 1 aromatic rings. The Balaban J connectivity index is 1.70. The molecule has 118 valence electrons. The number of nitrogens with zero attached hydrogens (tertiary/aromatic N) is 2. The van der Waals surface area contributed by atoms with Gasteiger partial charge in [0, 0.05) is 18.4 Å². The molecule has 0 bridgehead atoms. The van der Waals surface area contributed by atoms with E-state index >= 15 is 0 Å². The first kappa shape index (κ1) is 15.0. The molecule has 6 nitrogen and oxygen atoms in total. The average molecular weight is 322 g/mol. The van der Waals surface area contributed by atoms with Crippen molar-refractivity contribution >= 4 is 21.7 Å². The van der Waals surface area contributed by atoms with Crippen LogP contribution in [-0.4, -0.2) is 56.0 Å². The van der Waals surface area contributed by atoms with Crippen molar-refractivity contribution in [2.45, 2.75) is 17.7 Å². The van der Waals surface area contributed by atoms with Crippen molar-refractivity contribution in [2.24, 2.45) is 5.92 Å². The molecule has 1 aromatic carbocycles. The van der Waals surface area contributed by atoms with Gasteiger partial charge in [-0.2, -0.15) is 0 Å². The molecule has 0 unspecified atom stereocenters. The Hall–Kier alpha value is -1.89. The summed E-state index contributed by atoms with van der Waals surface area (Å²) >= 11 is 0. The van der Waals surface area contributed by atoms with Crippen molar-refractivity contribution in [3.8, 4) is 0 Å². The van der Waals surface area contributed by atoms with Gasteiger partial charge in [-0.05, 0) is 43.0 Å². The summed E-state index contributed by atoms with van der Waals surface area (Å²) in [5.41, 5.74) is 0.397. The molecule has 0 aromatic heterocycles. The van der Waals surface area contributed by atoms with E-state index in [4.69, 9.17) is 0 Å². The zero-order valence-electron chi connectivity index (χ0n) is 12.4. The highest BCUT2D eigenvalue weighted by Gasteiger charge is 2.34. The SMILES string of the molecule is CS(=O)(=O)c1ccc(C(=O)N2CC(=O)N(CC3CC3)C2)cc1. The Morgan fingerprint density at radius 3 is 2.41 bits per heavy atom. The van der Waals surface area contributed by atoms with Crippen LogP contribution in [0.1, 0.15) is 23.2 Å². The summed E-state index contributed by atoms with van der Waals surface area (Å²) in [7, 11) is -3.28. The van der Waals surface area contributed by atoms with Gasteiger partial charge >= 0.3 is 0 Å². The van der Waals surface area contributed by atoms with Crippen LogP contribution >= 0.6 is 0 Å². The molecule has 0 N–H and O–H groups in total. The molecule has 1 saturated carbocycles. The van der Waals surface area contributed by atoms with Crippen LogP contribution in [0.2, 0.25) is 0 Å². The zero-order valence-corrected chi connectivity index (χ0v) is 13.2. The molecule has 0 radical (unpaired) electrons. The maximum Gasteiger partial charge on any atom is 0.255 e. The number of carbonyl (C=O) groups excluding carboxylic acids is 2. The number of hydrogen-bond donors (Lipinski definition) is 0. The van der Waals surface area contributed by atoms with E-state index in [-0.39, 0.29) is 23.3 Å². The van der Waals surface area contributed by atoms with Gasteiger partial charge in [-0.1, -0.05) is 0 Å². The van der Waals surface area contributed by atoms with Crippen LogP contribution in [-0.2, 0) is 14.6 Å². The van der Waals surface area contributed by atoms with Gasteiger partial charge in [-0.15, -0.1) is 0 Å². The van der Waals surface area contributed by atoms with Crippen LogP contribution in [0.15, 0.2) is 29.2 Å². The molecule has 0 atom stereocenters. The quantitative estimate of drug-likeness (QED) is 0.819. The minimum absolute atomic E-state index is 0.0204. The van der Waals surface area contributed by atoms with E-state index in [2.05, 4.69) is 0 Å². The predicted octanol–water partition coefficient (Wildman–Crippen LogP) is 0.742. The molecule has 22 heavy (non-hydrogen) atoms. The number of carbonyl (C=O) groups is 2. The van der Waals surface area contributed by atoms with E-state index < -0.39 is 9.84 Å². The maximum atomic E-state index is 12.4. The number of sulfone groups is 1. The van der Waals surface area contributed by atoms with E-state index in [1.807, 2.05) is 0 Å². The highest BCUT2D eigenvalue weighted by Crippen LogP contribution is 2.30. The first-order valence-corrected chi connectivity index (χ1v) is 9.11. The summed E-state index contributed by atoms with van der Waals surface area (Å²) in [6.07, 6.45) is 3.44. The summed E-state index contributed by atoms with van der Waals surface area (Å²) in [5.74, 6) is 0.327. The molecule has 1 aliphatic heterocycles. The second-order valence-corrected chi connectivity index (χ2v) is 8.02. The first-order valence-electron chi connectivity index (χ1n) is 7.22. The lowest BCUT2D eigenvalue weighted by atomic mass is 10.2. The molecule has 1 aliphatic carbocycles. The molecule has 3 rings (SSSR count). The fourth-order valence-corrected chi connectivity index (χ4v) is 3.16. The summed E-state index contributed by atoms with van der Waals surface area (Å²) in [4.78, 5) is 27.7. The van der Waals surface area contributed by atoms with Gasteiger partial charge < -0.3 is 9.80 Å². The molecule has 2 amide bonds. The van der Waals surface area contributed by atoms with Gasteiger partial charge in [-0.25, -0.2) is 8.42 Å². The topological polar surface area (TPSA) is 74.8 Å². The average Bonchev–Trinajstić information content (AvgIpc) is 3.21. The molecule has 7 heteroatoms. The number of hydrogen-bond acceptors (Lipinski definition) is 4. The Morgan fingerprint density at radius 1 is 1.23 bits per heavy atom. The summed E-state index contributed by atoms with van der Waals surface area (Å²) < 4.78 is 22.8. The number of rotatable bonds is 4. The van der Waals surface area contributed by atoms with Gasteiger partial charge in [-0.3, -0.25) is 9.59 Å². The van der Waals surface area contributed by atoms with E-state index in [1.54, 1.807) is 4.90 Å². The van der Waals surface area contributed by atoms with E-state index in [0.717, 1.165) is 25.6 Å². The Bertz CT molecular complexity index is 708. The van der Waals surface area contributed by atoms with Crippen molar-refractivity contribution in [3.05, 3.63) is 29.8 Å². The lowest BCUT2D eigenvalue weighted by molar-refractivity contribution is -0.126. The standard InChI is InChI=1S/C15H18N2O4S/c1-22(20,21)13-6-4-12(5-7-13)15(19)17-9-14(18)16(10-17)8-11-2-3-11/h4-7,11H,2-3,8-10H2,1H3. The fourth-order valence-electron chi connectivity index (χ4n) is 2.53. The number of benzene rings is 1. The van der Waals surface area contributed by atoms with Crippen molar-refractivity contribution in [1.29, 1.82) is 0 Å². The zero-order chi connectivity index (χ0) is 15.9. The second kappa shape index (κ2) is 5.39. The van der Waals surface area contributed by atoms with E-state index in [1.165, 1.54) is 29.2 Å². The second-order valence-electron chi connectivity index (χ2n) is 6.00. The third-order valence-electron chi connectivity index (χ3n) is 4.01. The van der Waals surface area contributed by atoms with Crippen molar-refractivity contribution in [3.63, 3.8) is 0 Å². The lowest BCUT2D eigenvalue weighted by Crippen LogP contribution is -2.32. The van der Waals surface area contributed by atoms with Gasteiger partial charge in [0.15, 0.2) is 9.84 Å². The largest absolute Gasteiger partial charge is 0.323 e. The molecule has 2 fully saturated rings. The first-order chi connectivity index (χ1) is 10.3. The van der Waals surface area contributed by atoms with Crippen LogP contribution < -0.4 is 0 Å². The minimum atomic E-state index is -3.28. The molecule has 2 aliphatic rings. The van der Waals surface area contributed by atoms with Crippen molar-refractivity contribution in [2.75, 3.05) is 26.0 Å². The third kappa shape index (κ3) is 3.14. The smallest absolute Gasteiger partial charge is 0.255 e. The highest BCUT2D eigenvalue weighted by atomic mass is 32.2. The van der Waals surface area contributed by atoms with E-state index in [9.17, 15) is 18.0 Å². The Morgan fingerprint density at radius 2 is 1.86 bits per heavy atom. The molecular weight excluding hydrogens is 304 g/mol. The third-order valence-corrected chi connectivity index (χ3v) is 5.14. The fraction of sp³-hybridized carbons (Fsp3) is 0.467. The van der Waals surface area contributed by atoms with Gasteiger partial charge in [0.2, 0.25) is 5.91 Å². The summed E-state index contributed by atoms with van der Waals surface area (Å²) in [6, 6.07) is 5.82. The minimum Gasteiger partial charge on any atom is -0.323 e. The summed E-state index contributed by atoms with van der Waals surface area (Å²) in [6.45, 7) is 1.15. The van der Waals surface area contributed by atoms with Gasteiger partial charge in [0.1, 0.15) is 6.54 Å². The van der Waals surface area contributed by atoms with E-state index in [0.29, 0.717) is 18.2 Å². The summed E-state index contributed by atoms with van der Waals surface area (Å²) in [5, 5.41) is 0. The van der Waals surface area contributed by atoms with Crippen LogP contribution in [0.25, 0.3) is 0 Å². The van der Waals surface area contributed by atoms with Crippen LogP contribution in [0, 0.1) is 5.92 Å². The number of amides is 2. The Labute approximate surface area is 129 Å². The molecule has 1 heterocycles. The molecule has 1 saturated heterocycles. The molecular formula is C15H18N2O4S. The van der Waals surface area contributed by atoms with Crippen LogP contribution in [0.3, 0.4) is 0 Å². The molecule has 0 spiro atoms. The van der Waals surface area contributed by atoms with Crippen LogP contribution in [0.5, 0.6) is 0 Å². The maximum absolute atomic E-state index is 12.4. The van der Waals surface area contributed by atoms with Gasteiger partial charge in [0.05, 0.1) is 11.6 Å². The normalized spacial score (nSPS) is 18.9. The predicted molar refractivity (Wildman–Crippen MR) is 79.9 cm³/mol. The van der Waals surface area contributed by atoms with Crippen LogP contribution in [0.4, 0.5) is 0 Å². The highest BCUT2D eigenvalue weighted by molar-refractivity contribution is 7.90. The monoisotopic (exact) mass is 322 g/mol. The lowest BCUT2D eigenvalue weighted by Gasteiger charge is -2.18.